The number of anilines is 1. The maximum absolute atomic E-state index is 13.7. The van der Waals surface area contributed by atoms with Crippen molar-refractivity contribution < 1.29 is 27.1 Å². The number of likely N-dealkylation sites (N-methyl/N-ethyl adjacent to an activating group) is 1. The molecule has 0 aliphatic rings. The predicted molar refractivity (Wildman–Crippen MR) is 139 cm³/mol. The molecule has 0 aliphatic carbocycles. The number of carbonyl (C=O) groups excluding carboxylic acids is 2. The van der Waals surface area contributed by atoms with E-state index in [0.29, 0.717) is 17.9 Å². The van der Waals surface area contributed by atoms with Crippen molar-refractivity contribution in [2.45, 2.75) is 31.3 Å². The van der Waals surface area contributed by atoms with Crippen LogP contribution in [0.25, 0.3) is 0 Å². The third-order valence-corrected chi connectivity index (χ3v) is 7.54. The molecule has 10 heteroatoms. The molecule has 0 heterocycles. The fraction of sp³-hybridized carbons (Fsp3) is 0.259. The number of ether oxygens (including phenoxy) is 1. The van der Waals surface area contributed by atoms with Gasteiger partial charge in [0.25, 0.3) is 10.0 Å². The van der Waals surface area contributed by atoms with Gasteiger partial charge in [0, 0.05) is 13.1 Å². The molecule has 0 aliphatic heterocycles. The molecule has 1 atom stereocenters. The number of rotatable bonds is 11. The largest absolute Gasteiger partial charge is 0.497 e. The third kappa shape index (κ3) is 6.85. The maximum Gasteiger partial charge on any atom is 0.264 e. The summed E-state index contributed by atoms with van der Waals surface area (Å²) < 4.78 is 46.9. The van der Waals surface area contributed by atoms with Crippen molar-refractivity contribution >= 4 is 27.5 Å². The Labute approximate surface area is 216 Å². The van der Waals surface area contributed by atoms with E-state index in [9.17, 15) is 22.4 Å². The summed E-state index contributed by atoms with van der Waals surface area (Å²) in [6, 6.07) is 18.7. The van der Waals surface area contributed by atoms with Gasteiger partial charge in [-0.05, 0) is 67.9 Å². The number of methoxy groups -OCH3 is 1. The van der Waals surface area contributed by atoms with Crippen LogP contribution in [0.15, 0.2) is 83.8 Å². The molecule has 1 N–H and O–H groups in total. The van der Waals surface area contributed by atoms with E-state index in [2.05, 4.69) is 5.32 Å². The summed E-state index contributed by atoms with van der Waals surface area (Å²) >= 11 is 0. The topological polar surface area (TPSA) is 96.0 Å². The molecule has 0 radical (unpaired) electrons. The highest BCUT2D eigenvalue weighted by molar-refractivity contribution is 7.92. The van der Waals surface area contributed by atoms with Gasteiger partial charge in [-0.25, -0.2) is 12.8 Å². The molecule has 196 valence electrons. The van der Waals surface area contributed by atoms with Crippen molar-refractivity contribution in [3.63, 3.8) is 0 Å². The van der Waals surface area contributed by atoms with Crippen molar-refractivity contribution in [3.05, 3.63) is 90.2 Å². The lowest BCUT2D eigenvalue weighted by molar-refractivity contribution is -0.139. The summed E-state index contributed by atoms with van der Waals surface area (Å²) in [7, 11) is -2.65. The average molecular weight is 528 g/mol. The van der Waals surface area contributed by atoms with E-state index in [1.165, 1.54) is 48.4 Å². The minimum atomic E-state index is -4.14. The summed E-state index contributed by atoms with van der Waals surface area (Å²) in [5.74, 6) is -0.897. The van der Waals surface area contributed by atoms with E-state index in [1.54, 1.807) is 56.3 Å². The third-order valence-electron chi connectivity index (χ3n) is 5.75. The van der Waals surface area contributed by atoms with Crippen LogP contribution in [0.5, 0.6) is 5.75 Å². The van der Waals surface area contributed by atoms with E-state index in [1.807, 2.05) is 0 Å². The molecule has 0 fully saturated rings. The van der Waals surface area contributed by atoms with Crippen LogP contribution in [0.3, 0.4) is 0 Å². The fourth-order valence-corrected chi connectivity index (χ4v) is 5.12. The normalized spacial score (nSPS) is 11.9. The summed E-state index contributed by atoms with van der Waals surface area (Å²) in [6.07, 6.45) is 0. The van der Waals surface area contributed by atoms with E-state index in [-0.39, 0.29) is 23.0 Å². The van der Waals surface area contributed by atoms with Gasteiger partial charge in [0.05, 0.1) is 17.7 Å². The maximum atomic E-state index is 13.7. The number of benzene rings is 3. The zero-order valence-corrected chi connectivity index (χ0v) is 21.7. The molecule has 3 rings (SSSR count). The smallest absolute Gasteiger partial charge is 0.264 e. The lowest BCUT2D eigenvalue weighted by Gasteiger charge is -2.32. The second kappa shape index (κ2) is 12.4. The first kappa shape index (κ1) is 27.7. The zero-order valence-electron chi connectivity index (χ0n) is 20.9. The SMILES string of the molecule is CCNC(=O)[C@H](C)N(Cc1ccc(F)cc1)C(=O)CN(c1ccc(OC)cc1)S(=O)(=O)c1ccccc1. The molecule has 8 nitrogen and oxygen atoms in total. The summed E-state index contributed by atoms with van der Waals surface area (Å²) in [5, 5.41) is 2.69. The molecule has 0 aromatic heterocycles. The van der Waals surface area contributed by atoms with Crippen molar-refractivity contribution in [1.82, 2.24) is 10.2 Å². The average Bonchev–Trinajstić information content (AvgIpc) is 2.91. The number of halogens is 1. The Kier molecular flexibility index (Phi) is 9.24. The van der Waals surface area contributed by atoms with Crippen molar-refractivity contribution in [2.75, 3.05) is 24.5 Å². The molecule has 0 saturated heterocycles. The van der Waals surface area contributed by atoms with Crippen LogP contribution in [-0.4, -0.2) is 51.4 Å². The molecule has 0 saturated carbocycles. The zero-order chi connectivity index (χ0) is 27.0. The van der Waals surface area contributed by atoms with Gasteiger partial charge >= 0.3 is 0 Å². The Hall–Kier alpha value is -3.92. The Morgan fingerprint density at radius 3 is 2.16 bits per heavy atom. The molecule has 3 aromatic carbocycles. The highest BCUT2D eigenvalue weighted by atomic mass is 32.2. The van der Waals surface area contributed by atoms with Crippen LogP contribution < -0.4 is 14.4 Å². The summed E-state index contributed by atoms with van der Waals surface area (Å²) in [5.41, 5.74) is 0.846. The number of carbonyl (C=O) groups is 2. The van der Waals surface area contributed by atoms with E-state index < -0.39 is 34.3 Å². The second-order valence-electron chi connectivity index (χ2n) is 8.24. The number of nitrogens with one attached hydrogen (secondary N) is 1. The highest BCUT2D eigenvalue weighted by Crippen LogP contribution is 2.26. The van der Waals surface area contributed by atoms with Gasteiger partial charge < -0.3 is 15.0 Å². The number of hydrogen-bond donors (Lipinski definition) is 1. The van der Waals surface area contributed by atoms with Gasteiger partial charge in [0.1, 0.15) is 24.2 Å². The number of nitrogens with zero attached hydrogens (tertiary/aromatic N) is 2. The van der Waals surface area contributed by atoms with Crippen LogP contribution >= 0.6 is 0 Å². The monoisotopic (exact) mass is 527 g/mol. The Morgan fingerprint density at radius 2 is 1.59 bits per heavy atom. The van der Waals surface area contributed by atoms with Gasteiger partial charge in [0.15, 0.2) is 0 Å². The standard InChI is InChI=1S/C27H30FN3O5S/c1-4-29-27(33)20(2)30(18-21-10-12-22(28)13-11-21)26(32)19-31(23-14-16-24(36-3)17-15-23)37(34,35)25-8-6-5-7-9-25/h5-17,20H,4,18-19H2,1-3H3,(H,29,33)/t20-/m0/s1. The lowest BCUT2D eigenvalue weighted by Crippen LogP contribution is -2.51. The van der Waals surface area contributed by atoms with Gasteiger partial charge in [-0.15, -0.1) is 0 Å². The van der Waals surface area contributed by atoms with Crippen molar-refractivity contribution in [2.24, 2.45) is 0 Å². The molecule has 2 amide bonds. The molecular weight excluding hydrogens is 497 g/mol. The van der Waals surface area contributed by atoms with Crippen LogP contribution in [0.2, 0.25) is 0 Å². The Morgan fingerprint density at radius 1 is 0.973 bits per heavy atom. The molecule has 0 bridgehead atoms. The van der Waals surface area contributed by atoms with Crippen LogP contribution in [-0.2, 0) is 26.2 Å². The van der Waals surface area contributed by atoms with Crippen molar-refractivity contribution in [1.29, 1.82) is 0 Å². The van der Waals surface area contributed by atoms with Crippen LogP contribution in [0, 0.1) is 5.82 Å². The highest BCUT2D eigenvalue weighted by Gasteiger charge is 2.32. The second-order valence-corrected chi connectivity index (χ2v) is 10.1. The van der Waals surface area contributed by atoms with Crippen LogP contribution in [0.4, 0.5) is 10.1 Å². The van der Waals surface area contributed by atoms with Gasteiger partial charge in [-0.3, -0.25) is 13.9 Å². The van der Waals surface area contributed by atoms with E-state index in [0.717, 1.165) is 4.31 Å². The van der Waals surface area contributed by atoms with Crippen LogP contribution in [0.1, 0.15) is 19.4 Å². The van der Waals surface area contributed by atoms with Gasteiger partial charge in [-0.1, -0.05) is 30.3 Å². The Bertz CT molecular complexity index is 1300. The lowest BCUT2D eigenvalue weighted by atomic mass is 10.1. The minimum absolute atomic E-state index is 0.0143. The fourth-order valence-electron chi connectivity index (χ4n) is 3.69. The minimum Gasteiger partial charge on any atom is -0.497 e. The molecule has 0 unspecified atom stereocenters. The van der Waals surface area contributed by atoms with Gasteiger partial charge in [-0.2, -0.15) is 0 Å². The number of sulfonamides is 1. The first-order chi connectivity index (χ1) is 17.7. The Balaban J connectivity index is 2.01. The first-order valence-electron chi connectivity index (χ1n) is 11.7. The summed E-state index contributed by atoms with van der Waals surface area (Å²) in [6.45, 7) is 3.11. The number of hydrogen-bond acceptors (Lipinski definition) is 5. The van der Waals surface area contributed by atoms with E-state index >= 15 is 0 Å². The number of amides is 2. The molecule has 0 spiro atoms. The molecule has 3 aromatic rings. The van der Waals surface area contributed by atoms with Crippen molar-refractivity contribution in [3.8, 4) is 5.75 Å². The van der Waals surface area contributed by atoms with E-state index in [4.69, 9.17) is 4.74 Å². The predicted octanol–water partition coefficient (Wildman–Crippen LogP) is 3.58. The first-order valence-corrected chi connectivity index (χ1v) is 13.1. The molecular formula is C27H30FN3O5S. The van der Waals surface area contributed by atoms with Gasteiger partial charge in [0.2, 0.25) is 11.8 Å². The summed E-state index contributed by atoms with van der Waals surface area (Å²) in [4.78, 5) is 27.7. The quantitative estimate of drug-likeness (QED) is 0.411. The molecule has 37 heavy (non-hydrogen) atoms.